The van der Waals surface area contributed by atoms with Gasteiger partial charge in [-0.15, -0.1) is 0 Å². The zero-order chi connectivity index (χ0) is 31.4. The molecule has 1 fully saturated rings. The molecule has 4 N–H and O–H groups in total. The number of nitrogens with one attached hydrogen (secondary N) is 1. The van der Waals surface area contributed by atoms with E-state index in [4.69, 9.17) is 31.8 Å². The van der Waals surface area contributed by atoms with Crippen LogP contribution in [-0.4, -0.2) is 53.8 Å². The third-order valence-corrected chi connectivity index (χ3v) is 8.86. The first-order valence-electron chi connectivity index (χ1n) is 14.0. The number of methoxy groups -OCH3 is 1. The number of carbonyl (C=O) groups excluding carboxylic acids is 2. The number of rotatable bonds is 9. The topological polar surface area (TPSA) is 137 Å². The Bertz CT molecular complexity index is 1820. The van der Waals surface area contributed by atoms with E-state index in [2.05, 4.69) is 10.3 Å². The molecule has 0 radical (unpaired) electrons. The molecule has 1 saturated carbocycles. The molecule has 12 heteroatoms. The lowest BCUT2D eigenvalue weighted by atomic mass is 9.80. The molecule has 4 aromatic rings. The molecule has 1 aliphatic carbocycles. The van der Waals surface area contributed by atoms with E-state index in [1.807, 2.05) is 0 Å². The number of carbonyl (C=O) groups is 2. The number of amides is 2. The number of nitrogens with zero attached hydrogens (tertiary/aromatic N) is 2. The van der Waals surface area contributed by atoms with E-state index >= 15 is 0 Å². The molecule has 44 heavy (non-hydrogen) atoms. The van der Waals surface area contributed by atoms with Gasteiger partial charge in [0, 0.05) is 22.1 Å². The van der Waals surface area contributed by atoms with Crippen molar-refractivity contribution >= 4 is 34.3 Å². The highest BCUT2D eigenvalue weighted by Gasteiger charge is 2.52. The van der Waals surface area contributed by atoms with Gasteiger partial charge in [0.05, 0.1) is 30.1 Å². The van der Waals surface area contributed by atoms with Gasteiger partial charge >= 0.3 is 0 Å². The van der Waals surface area contributed by atoms with Crippen LogP contribution in [0.3, 0.4) is 0 Å². The van der Waals surface area contributed by atoms with Crippen molar-refractivity contribution in [2.75, 3.05) is 26.9 Å². The summed E-state index contributed by atoms with van der Waals surface area (Å²) in [5, 5.41) is 16.0. The Kier molecular flexibility index (Phi) is 7.41. The normalized spacial score (nSPS) is 18.8. The van der Waals surface area contributed by atoms with Gasteiger partial charge < -0.3 is 25.6 Å². The molecule has 0 saturated heterocycles. The molecule has 0 bridgehead atoms. The number of halogens is 3. The third kappa shape index (κ3) is 4.89. The Balaban J connectivity index is 1.40. The van der Waals surface area contributed by atoms with Crippen molar-refractivity contribution in [1.82, 2.24) is 15.3 Å². The van der Waals surface area contributed by atoms with E-state index < -0.39 is 35.3 Å². The van der Waals surface area contributed by atoms with Crippen LogP contribution in [0.15, 0.2) is 48.5 Å². The summed E-state index contributed by atoms with van der Waals surface area (Å²) in [5.41, 5.74) is 4.44. The molecule has 1 aliphatic heterocycles. The van der Waals surface area contributed by atoms with Gasteiger partial charge in [-0.05, 0) is 74.2 Å². The highest BCUT2D eigenvalue weighted by Crippen LogP contribution is 2.50. The minimum atomic E-state index is -1.80. The van der Waals surface area contributed by atoms with E-state index in [9.17, 15) is 23.5 Å². The number of pyridine rings is 2. The number of fused-ring (bicyclic) bond motifs is 2. The van der Waals surface area contributed by atoms with Crippen LogP contribution in [0.4, 0.5) is 8.78 Å². The largest absolute Gasteiger partial charge is 0.494 e. The molecule has 2 amide bonds. The molecule has 228 valence electrons. The summed E-state index contributed by atoms with van der Waals surface area (Å²) < 4.78 is 39.6. The van der Waals surface area contributed by atoms with E-state index in [-0.39, 0.29) is 47.3 Å². The van der Waals surface area contributed by atoms with Crippen molar-refractivity contribution in [3.05, 3.63) is 81.9 Å². The van der Waals surface area contributed by atoms with E-state index in [0.29, 0.717) is 45.8 Å². The molecule has 2 aromatic heterocycles. The average molecular weight is 623 g/mol. The van der Waals surface area contributed by atoms with E-state index in [1.165, 1.54) is 37.4 Å². The van der Waals surface area contributed by atoms with Crippen LogP contribution >= 0.6 is 11.6 Å². The summed E-state index contributed by atoms with van der Waals surface area (Å²) in [7, 11) is 1.47. The Labute approximate surface area is 256 Å². The standard InChI is InChI=1S/C32H29ClF2N4O5/c1-16-23(33)10-18-9-19(11-24(43-2)26(18)38-16)29(40)37-14-32(42,20-5-6-20)25-12-22-28(44-15-31(22,13-34)30(36)41)27(39-25)17-3-7-21(35)8-4-17/h3-4,7-12,20,42H,5-6,13-15H2,1-2H3,(H2,36,41)(H,37,40)/t31-,32-/m1/s1. The highest BCUT2D eigenvalue weighted by atomic mass is 35.5. The van der Waals surface area contributed by atoms with Crippen LogP contribution in [0.25, 0.3) is 22.2 Å². The first kappa shape index (κ1) is 29.7. The van der Waals surface area contributed by atoms with Crippen LogP contribution in [0.1, 0.15) is 40.2 Å². The maximum absolute atomic E-state index is 14.5. The number of primary amides is 1. The van der Waals surface area contributed by atoms with Crippen molar-refractivity contribution in [3.63, 3.8) is 0 Å². The van der Waals surface area contributed by atoms with E-state index in [0.717, 1.165) is 0 Å². The number of hydrogen-bond donors (Lipinski definition) is 3. The minimum absolute atomic E-state index is 0.102. The average Bonchev–Trinajstić information content (AvgIpc) is 3.80. The molecule has 3 heterocycles. The number of benzene rings is 2. The first-order valence-corrected chi connectivity index (χ1v) is 14.3. The number of aryl methyl sites for hydroxylation is 1. The molecule has 2 aromatic carbocycles. The van der Waals surface area contributed by atoms with Crippen molar-refractivity contribution < 1.29 is 33.0 Å². The number of nitrogens with two attached hydrogens (primary N) is 1. The van der Waals surface area contributed by atoms with Crippen molar-refractivity contribution in [2.24, 2.45) is 11.7 Å². The molecule has 2 aliphatic rings. The van der Waals surface area contributed by atoms with Gasteiger partial charge in [-0.1, -0.05) is 11.6 Å². The van der Waals surface area contributed by atoms with Gasteiger partial charge in [0.2, 0.25) is 5.91 Å². The smallest absolute Gasteiger partial charge is 0.251 e. The Morgan fingerprint density at radius 2 is 1.93 bits per heavy atom. The molecular weight excluding hydrogens is 594 g/mol. The molecular formula is C32H29ClF2N4O5. The van der Waals surface area contributed by atoms with Gasteiger partial charge in [0.1, 0.15) is 52.8 Å². The number of aliphatic hydroxyl groups is 1. The summed E-state index contributed by atoms with van der Waals surface area (Å²) in [6.07, 6.45) is 1.29. The number of alkyl halides is 1. The zero-order valence-corrected chi connectivity index (χ0v) is 24.7. The molecule has 0 spiro atoms. The van der Waals surface area contributed by atoms with Gasteiger partial charge in [-0.3, -0.25) is 9.59 Å². The molecule has 9 nitrogen and oxygen atoms in total. The predicted molar refractivity (Wildman–Crippen MR) is 159 cm³/mol. The number of ether oxygens (including phenoxy) is 2. The maximum Gasteiger partial charge on any atom is 0.251 e. The van der Waals surface area contributed by atoms with Crippen LogP contribution in [0.5, 0.6) is 11.5 Å². The third-order valence-electron chi connectivity index (χ3n) is 8.48. The summed E-state index contributed by atoms with van der Waals surface area (Å²) in [5.74, 6) is -1.69. The fourth-order valence-corrected chi connectivity index (χ4v) is 5.80. The maximum atomic E-state index is 14.5. The van der Waals surface area contributed by atoms with Crippen LogP contribution in [0.2, 0.25) is 5.02 Å². The fraction of sp³-hybridized carbons (Fsp3) is 0.312. The lowest BCUT2D eigenvalue weighted by Crippen LogP contribution is -2.46. The second-order valence-corrected chi connectivity index (χ2v) is 11.7. The first-order chi connectivity index (χ1) is 21.0. The number of hydrogen-bond acceptors (Lipinski definition) is 7. The van der Waals surface area contributed by atoms with Crippen molar-refractivity contribution in [2.45, 2.75) is 30.8 Å². The quantitative estimate of drug-likeness (QED) is 0.250. The minimum Gasteiger partial charge on any atom is -0.494 e. The Hall–Kier alpha value is -4.35. The predicted octanol–water partition coefficient (Wildman–Crippen LogP) is 4.52. The van der Waals surface area contributed by atoms with Crippen LogP contribution in [0, 0.1) is 18.7 Å². The fourth-order valence-electron chi connectivity index (χ4n) is 5.64. The molecule has 2 atom stereocenters. The summed E-state index contributed by atoms with van der Waals surface area (Å²) in [4.78, 5) is 35.2. The monoisotopic (exact) mass is 622 g/mol. The van der Waals surface area contributed by atoms with Gasteiger partial charge in [0.25, 0.3) is 5.91 Å². The summed E-state index contributed by atoms with van der Waals surface area (Å²) >= 11 is 6.28. The van der Waals surface area contributed by atoms with Crippen LogP contribution in [-0.2, 0) is 15.8 Å². The Morgan fingerprint density at radius 3 is 2.57 bits per heavy atom. The van der Waals surface area contributed by atoms with Gasteiger partial charge in [0.15, 0.2) is 0 Å². The SMILES string of the molecule is COc1cc(C(=O)NC[C@](O)(c2cc3c(c(-c4ccc(F)cc4)n2)OC[C@@]3(CF)C(N)=O)C2CC2)cc2cc(Cl)c(C)nc12. The van der Waals surface area contributed by atoms with Crippen molar-refractivity contribution in [3.8, 4) is 22.8 Å². The lowest BCUT2D eigenvalue weighted by Gasteiger charge is -2.30. The molecule has 0 unspecified atom stereocenters. The lowest BCUT2D eigenvalue weighted by molar-refractivity contribution is -0.124. The highest BCUT2D eigenvalue weighted by molar-refractivity contribution is 6.31. The van der Waals surface area contributed by atoms with Gasteiger partial charge in [-0.25, -0.2) is 18.7 Å². The zero-order valence-electron chi connectivity index (χ0n) is 23.9. The van der Waals surface area contributed by atoms with Crippen molar-refractivity contribution in [1.29, 1.82) is 0 Å². The number of aromatic nitrogens is 2. The van der Waals surface area contributed by atoms with Crippen LogP contribution < -0.4 is 20.5 Å². The summed E-state index contributed by atoms with van der Waals surface area (Å²) in [6, 6.07) is 11.7. The van der Waals surface area contributed by atoms with E-state index in [1.54, 1.807) is 25.1 Å². The van der Waals surface area contributed by atoms with Gasteiger partial charge in [-0.2, -0.15) is 0 Å². The Morgan fingerprint density at radius 1 is 1.20 bits per heavy atom. The summed E-state index contributed by atoms with van der Waals surface area (Å²) in [6.45, 7) is 0.0252. The molecule has 6 rings (SSSR count). The second kappa shape index (κ2) is 11.0. The second-order valence-electron chi connectivity index (χ2n) is 11.3.